The van der Waals surface area contributed by atoms with Gasteiger partial charge >= 0.3 is 0 Å². The maximum absolute atomic E-state index is 12.2. The van der Waals surface area contributed by atoms with Crippen LogP contribution in [0.4, 0.5) is 0 Å². The van der Waals surface area contributed by atoms with Crippen molar-refractivity contribution in [3.05, 3.63) is 17.7 Å². The lowest BCUT2D eigenvalue weighted by Crippen LogP contribution is -2.48. The summed E-state index contributed by atoms with van der Waals surface area (Å²) < 4.78 is 0. The number of aliphatic hydroxyl groups is 1. The van der Waals surface area contributed by atoms with Gasteiger partial charge < -0.3 is 15.4 Å². The summed E-state index contributed by atoms with van der Waals surface area (Å²) in [6.45, 7) is 1.57. The number of aromatic amines is 1. The second-order valence-corrected chi connectivity index (χ2v) is 5.84. The average molecular weight is 278 g/mol. The van der Waals surface area contributed by atoms with Gasteiger partial charge in [0.1, 0.15) is 0 Å². The Morgan fingerprint density at radius 2 is 2.30 bits per heavy atom. The highest BCUT2D eigenvalue weighted by molar-refractivity contribution is 5.82. The van der Waals surface area contributed by atoms with Crippen LogP contribution >= 0.6 is 0 Å². The predicted molar refractivity (Wildman–Crippen MR) is 73.8 cm³/mol. The van der Waals surface area contributed by atoms with Gasteiger partial charge in [-0.2, -0.15) is 0 Å². The number of H-pyrrole nitrogens is 1. The van der Waals surface area contributed by atoms with E-state index in [1.54, 1.807) is 6.33 Å². The topological polar surface area (TPSA) is 90.0 Å². The number of fused-ring (bicyclic) bond motifs is 1. The summed E-state index contributed by atoms with van der Waals surface area (Å²) in [5, 5.41) is 15.6. The maximum Gasteiger partial charge on any atom is 0.237 e. The zero-order valence-corrected chi connectivity index (χ0v) is 11.6. The van der Waals surface area contributed by atoms with Gasteiger partial charge in [-0.15, -0.1) is 0 Å². The molecule has 3 rings (SSSR count). The smallest absolute Gasteiger partial charge is 0.237 e. The molecule has 3 unspecified atom stereocenters. The van der Waals surface area contributed by atoms with E-state index >= 15 is 0 Å². The van der Waals surface area contributed by atoms with E-state index in [1.807, 2.05) is 0 Å². The van der Waals surface area contributed by atoms with Gasteiger partial charge in [-0.05, 0) is 24.7 Å². The van der Waals surface area contributed by atoms with E-state index in [0.717, 1.165) is 30.7 Å². The van der Waals surface area contributed by atoms with E-state index in [-0.39, 0.29) is 18.6 Å². The van der Waals surface area contributed by atoms with E-state index in [9.17, 15) is 9.90 Å². The third-order valence-electron chi connectivity index (χ3n) is 4.64. The fraction of sp³-hybridized carbons (Fsp3) is 0.714. The Labute approximate surface area is 118 Å². The molecule has 1 aromatic rings. The average Bonchev–Trinajstić information content (AvgIpc) is 3.12. The largest absolute Gasteiger partial charge is 0.396 e. The molecule has 20 heavy (non-hydrogen) atoms. The van der Waals surface area contributed by atoms with Crippen LogP contribution in [0.3, 0.4) is 0 Å². The van der Waals surface area contributed by atoms with Gasteiger partial charge in [-0.1, -0.05) is 6.42 Å². The van der Waals surface area contributed by atoms with Crippen molar-refractivity contribution in [2.75, 3.05) is 13.2 Å². The van der Waals surface area contributed by atoms with Crippen LogP contribution in [-0.2, 0) is 17.8 Å². The van der Waals surface area contributed by atoms with Crippen molar-refractivity contribution in [1.29, 1.82) is 0 Å². The van der Waals surface area contributed by atoms with Gasteiger partial charge in [0.05, 0.1) is 23.8 Å². The second kappa shape index (κ2) is 5.93. The first-order valence-corrected chi connectivity index (χ1v) is 7.41. The number of aromatic nitrogens is 2. The quantitative estimate of drug-likeness (QED) is 0.621. The minimum Gasteiger partial charge on any atom is -0.396 e. The van der Waals surface area contributed by atoms with E-state index in [1.165, 1.54) is 0 Å². The molecule has 1 fully saturated rings. The van der Waals surface area contributed by atoms with Crippen LogP contribution < -0.4 is 10.6 Å². The Balaban J connectivity index is 1.50. The molecule has 0 aromatic carbocycles. The summed E-state index contributed by atoms with van der Waals surface area (Å²) in [6.07, 6.45) is 5.66. The van der Waals surface area contributed by atoms with E-state index in [4.69, 9.17) is 0 Å². The first-order valence-electron chi connectivity index (χ1n) is 7.41. The van der Waals surface area contributed by atoms with Crippen molar-refractivity contribution in [3.8, 4) is 0 Å². The molecule has 2 heterocycles. The van der Waals surface area contributed by atoms with Crippen LogP contribution in [0.5, 0.6) is 0 Å². The zero-order chi connectivity index (χ0) is 13.9. The number of aliphatic hydroxyl groups excluding tert-OH is 1. The lowest BCUT2D eigenvalue weighted by atomic mass is 9.96. The Hall–Kier alpha value is -1.40. The van der Waals surface area contributed by atoms with E-state index in [2.05, 4.69) is 20.6 Å². The highest BCUT2D eigenvalue weighted by Gasteiger charge is 2.29. The van der Waals surface area contributed by atoms with Crippen LogP contribution in [0.15, 0.2) is 6.33 Å². The second-order valence-electron chi connectivity index (χ2n) is 5.84. The van der Waals surface area contributed by atoms with E-state index < -0.39 is 0 Å². The lowest BCUT2D eigenvalue weighted by Gasteiger charge is -2.24. The molecule has 1 amide bonds. The molecule has 0 radical (unpaired) electrons. The van der Waals surface area contributed by atoms with E-state index in [0.29, 0.717) is 31.3 Å². The number of nitrogens with one attached hydrogen (secondary N) is 3. The molecule has 6 heteroatoms. The molecule has 4 N–H and O–H groups in total. The minimum absolute atomic E-state index is 0.0437. The van der Waals surface area contributed by atoms with Gasteiger partial charge in [-0.3, -0.25) is 10.1 Å². The van der Waals surface area contributed by atoms with Crippen molar-refractivity contribution < 1.29 is 9.90 Å². The van der Waals surface area contributed by atoms with Gasteiger partial charge in [0.15, 0.2) is 0 Å². The van der Waals surface area contributed by atoms with Crippen LogP contribution in [0.2, 0.25) is 0 Å². The monoisotopic (exact) mass is 278 g/mol. The number of hydrogen-bond donors (Lipinski definition) is 4. The molecule has 1 aliphatic carbocycles. The standard InChI is InChI=1S/C14H22N4O2/c19-7-10-3-1-2-9(10)5-16-14(20)12-4-11-13(6-15-12)18-8-17-11/h8-10,12,15,19H,1-7H2,(H,16,20)(H,17,18). The number of carbonyl (C=O) groups excluding carboxylic acids is 1. The molecule has 0 bridgehead atoms. The molecule has 110 valence electrons. The summed E-state index contributed by atoms with van der Waals surface area (Å²) in [5.74, 6) is 0.822. The Morgan fingerprint density at radius 3 is 3.15 bits per heavy atom. The molecular weight excluding hydrogens is 256 g/mol. The van der Waals surface area contributed by atoms with Crippen LogP contribution in [-0.4, -0.2) is 40.2 Å². The molecule has 0 saturated heterocycles. The Kier molecular flexibility index (Phi) is 4.03. The van der Waals surface area contributed by atoms with Crippen LogP contribution in [0.1, 0.15) is 30.7 Å². The number of amides is 1. The number of hydrogen-bond acceptors (Lipinski definition) is 4. The molecular formula is C14H22N4O2. The highest BCUT2D eigenvalue weighted by atomic mass is 16.3. The van der Waals surface area contributed by atoms with Crippen LogP contribution in [0.25, 0.3) is 0 Å². The summed E-state index contributed by atoms with van der Waals surface area (Å²) in [4.78, 5) is 19.5. The summed E-state index contributed by atoms with van der Waals surface area (Å²) >= 11 is 0. The molecule has 2 aliphatic rings. The number of rotatable bonds is 4. The van der Waals surface area contributed by atoms with Crippen LogP contribution in [0, 0.1) is 11.8 Å². The summed E-state index contributed by atoms with van der Waals surface area (Å²) in [5.41, 5.74) is 2.06. The van der Waals surface area contributed by atoms with Gasteiger partial charge in [0.2, 0.25) is 5.91 Å². The lowest BCUT2D eigenvalue weighted by molar-refractivity contribution is -0.123. The Morgan fingerprint density at radius 1 is 1.45 bits per heavy atom. The van der Waals surface area contributed by atoms with Crippen molar-refractivity contribution in [1.82, 2.24) is 20.6 Å². The number of nitrogens with zero attached hydrogens (tertiary/aromatic N) is 1. The summed E-state index contributed by atoms with van der Waals surface area (Å²) in [7, 11) is 0. The zero-order valence-electron chi connectivity index (χ0n) is 11.6. The predicted octanol–water partition coefficient (Wildman–Crippen LogP) is -0.0512. The Bertz CT molecular complexity index is 473. The minimum atomic E-state index is -0.195. The molecule has 6 nitrogen and oxygen atoms in total. The first-order chi connectivity index (χ1) is 9.78. The third-order valence-corrected chi connectivity index (χ3v) is 4.64. The van der Waals surface area contributed by atoms with Crippen molar-refractivity contribution in [2.24, 2.45) is 11.8 Å². The van der Waals surface area contributed by atoms with Gasteiger partial charge in [-0.25, -0.2) is 4.98 Å². The van der Waals surface area contributed by atoms with Crippen molar-refractivity contribution >= 4 is 5.91 Å². The molecule has 1 saturated carbocycles. The first kappa shape index (κ1) is 13.6. The summed E-state index contributed by atoms with van der Waals surface area (Å²) in [6, 6.07) is -0.195. The SMILES string of the molecule is O=C(NCC1CCCC1CO)C1Cc2nc[nH]c2CN1. The number of imidazole rings is 1. The van der Waals surface area contributed by atoms with Crippen molar-refractivity contribution in [3.63, 3.8) is 0 Å². The molecule has 1 aromatic heterocycles. The molecule has 0 spiro atoms. The molecule has 1 aliphatic heterocycles. The normalized spacial score (nSPS) is 29.1. The fourth-order valence-electron chi connectivity index (χ4n) is 3.33. The maximum atomic E-state index is 12.2. The van der Waals surface area contributed by atoms with Gasteiger partial charge in [0.25, 0.3) is 0 Å². The third kappa shape index (κ3) is 2.71. The molecule has 3 atom stereocenters. The highest BCUT2D eigenvalue weighted by Crippen LogP contribution is 2.30. The number of carbonyl (C=O) groups is 1. The van der Waals surface area contributed by atoms with Gasteiger partial charge in [0, 0.05) is 26.1 Å². The van der Waals surface area contributed by atoms with Crippen molar-refractivity contribution in [2.45, 2.75) is 38.3 Å². The fourth-order valence-corrected chi connectivity index (χ4v) is 3.33.